The van der Waals surface area contributed by atoms with Gasteiger partial charge in [-0.15, -0.1) is 0 Å². The van der Waals surface area contributed by atoms with E-state index in [4.69, 9.17) is 4.74 Å². The number of sulfone groups is 1. The van der Waals surface area contributed by atoms with Crippen molar-refractivity contribution < 1.29 is 17.9 Å². The zero-order chi connectivity index (χ0) is 17.7. The van der Waals surface area contributed by atoms with Crippen LogP contribution in [0, 0.1) is 0 Å². The van der Waals surface area contributed by atoms with Crippen molar-refractivity contribution in [3.8, 4) is 5.75 Å². The maximum Gasteiger partial charge on any atom is 0.234 e. The van der Waals surface area contributed by atoms with Gasteiger partial charge in [-0.2, -0.15) is 0 Å². The molecule has 0 unspecified atom stereocenters. The standard InChI is InChI=1S/C17H26N2O4S/c1-4-23-16-7-5-14(6-8-16)13(2)18-17(20)11-19(3)15-9-10-24(21,22)12-15/h5-8,13,15H,4,9-12H2,1-3H3,(H,18,20)/t13-,15+/m1/s1. The molecule has 1 aromatic rings. The Balaban J connectivity index is 1.85. The molecule has 1 aliphatic rings. The van der Waals surface area contributed by atoms with Crippen molar-refractivity contribution in [1.82, 2.24) is 10.2 Å². The lowest BCUT2D eigenvalue weighted by Gasteiger charge is -2.23. The molecule has 0 saturated carbocycles. The highest BCUT2D eigenvalue weighted by molar-refractivity contribution is 7.91. The van der Waals surface area contributed by atoms with Gasteiger partial charge < -0.3 is 10.1 Å². The molecule has 0 spiro atoms. The van der Waals surface area contributed by atoms with Crippen LogP contribution < -0.4 is 10.1 Å². The Morgan fingerprint density at radius 3 is 2.58 bits per heavy atom. The summed E-state index contributed by atoms with van der Waals surface area (Å²) < 4.78 is 28.5. The van der Waals surface area contributed by atoms with Crippen LogP contribution in [0.1, 0.15) is 31.9 Å². The third kappa shape index (κ3) is 5.21. The Morgan fingerprint density at radius 1 is 1.38 bits per heavy atom. The molecule has 134 valence electrons. The molecule has 2 rings (SSSR count). The Morgan fingerprint density at radius 2 is 2.04 bits per heavy atom. The van der Waals surface area contributed by atoms with Crippen LogP contribution in [0.25, 0.3) is 0 Å². The molecule has 1 aliphatic heterocycles. The summed E-state index contributed by atoms with van der Waals surface area (Å²) in [6.45, 7) is 4.67. The predicted octanol–water partition coefficient (Wildman–Crippen LogP) is 1.38. The monoisotopic (exact) mass is 354 g/mol. The summed E-state index contributed by atoms with van der Waals surface area (Å²) in [5, 5.41) is 2.95. The smallest absolute Gasteiger partial charge is 0.234 e. The lowest BCUT2D eigenvalue weighted by atomic mass is 10.1. The number of nitrogens with one attached hydrogen (secondary N) is 1. The highest BCUT2D eigenvalue weighted by atomic mass is 32.2. The van der Waals surface area contributed by atoms with E-state index in [9.17, 15) is 13.2 Å². The largest absolute Gasteiger partial charge is 0.494 e. The van der Waals surface area contributed by atoms with Crippen LogP contribution in [-0.4, -0.2) is 57.0 Å². The van der Waals surface area contributed by atoms with E-state index in [1.807, 2.05) is 43.0 Å². The van der Waals surface area contributed by atoms with Crippen molar-refractivity contribution in [1.29, 1.82) is 0 Å². The summed E-state index contributed by atoms with van der Waals surface area (Å²) in [4.78, 5) is 14.0. The van der Waals surface area contributed by atoms with E-state index < -0.39 is 9.84 Å². The van der Waals surface area contributed by atoms with Crippen molar-refractivity contribution in [3.63, 3.8) is 0 Å². The molecule has 1 aromatic carbocycles. The third-order valence-corrected chi connectivity index (χ3v) is 6.04. The zero-order valence-corrected chi connectivity index (χ0v) is 15.3. The number of hydrogen-bond acceptors (Lipinski definition) is 5. The molecular weight excluding hydrogens is 328 g/mol. The fourth-order valence-electron chi connectivity index (χ4n) is 2.87. The number of nitrogens with zero attached hydrogens (tertiary/aromatic N) is 1. The quantitative estimate of drug-likeness (QED) is 0.801. The second-order valence-corrected chi connectivity index (χ2v) is 8.49. The molecule has 1 amide bonds. The average molecular weight is 354 g/mol. The molecule has 7 heteroatoms. The predicted molar refractivity (Wildman–Crippen MR) is 93.9 cm³/mol. The Labute approximate surface area is 144 Å². The van der Waals surface area contributed by atoms with Crippen LogP contribution in [-0.2, 0) is 14.6 Å². The summed E-state index contributed by atoms with van der Waals surface area (Å²) in [7, 11) is -1.14. The molecular formula is C17H26N2O4S. The summed E-state index contributed by atoms with van der Waals surface area (Å²) in [6, 6.07) is 7.45. The fraction of sp³-hybridized carbons (Fsp3) is 0.588. The van der Waals surface area contributed by atoms with Gasteiger partial charge >= 0.3 is 0 Å². The van der Waals surface area contributed by atoms with Gasteiger partial charge in [0.15, 0.2) is 9.84 Å². The highest BCUT2D eigenvalue weighted by Gasteiger charge is 2.31. The molecule has 1 saturated heterocycles. The van der Waals surface area contributed by atoms with E-state index in [0.717, 1.165) is 11.3 Å². The van der Waals surface area contributed by atoms with Gasteiger partial charge in [-0.1, -0.05) is 12.1 Å². The topological polar surface area (TPSA) is 75.7 Å². The first-order valence-electron chi connectivity index (χ1n) is 8.23. The number of amides is 1. The number of benzene rings is 1. The molecule has 0 radical (unpaired) electrons. The SMILES string of the molecule is CCOc1ccc([C@@H](C)NC(=O)CN(C)[C@H]2CCS(=O)(=O)C2)cc1. The number of rotatable bonds is 7. The van der Waals surface area contributed by atoms with Crippen molar-refractivity contribution in [2.75, 3.05) is 31.7 Å². The Bertz CT molecular complexity index is 658. The maximum absolute atomic E-state index is 12.2. The van der Waals surface area contributed by atoms with Crippen LogP contribution in [0.3, 0.4) is 0 Å². The minimum Gasteiger partial charge on any atom is -0.494 e. The van der Waals surface area contributed by atoms with Gasteiger partial charge in [-0.05, 0) is 45.0 Å². The van der Waals surface area contributed by atoms with Crippen LogP contribution in [0.2, 0.25) is 0 Å². The molecule has 0 aromatic heterocycles. The Kier molecular flexibility index (Phi) is 6.23. The first-order chi connectivity index (χ1) is 11.3. The van der Waals surface area contributed by atoms with E-state index in [1.54, 1.807) is 7.05 Å². The van der Waals surface area contributed by atoms with Crippen molar-refractivity contribution in [3.05, 3.63) is 29.8 Å². The summed E-state index contributed by atoms with van der Waals surface area (Å²) >= 11 is 0. The second kappa shape index (κ2) is 7.98. The molecule has 0 bridgehead atoms. The minimum absolute atomic E-state index is 0.0680. The third-order valence-electron chi connectivity index (χ3n) is 4.29. The minimum atomic E-state index is -2.94. The first-order valence-corrected chi connectivity index (χ1v) is 10.1. The van der Waals surface area contributed by atoms with E-state index in [2.05, 4.69) is 5.32 Å². The number of hydrogen-bond donors (Lipinski definition) is 1. The lowest BCUT2D eigenvalue weighted by Crippen LogP contribution is -2.41. The van der Waals surface area contributed by atoms with Gasteiger partial charge in [-0.25, -0.2) is 8.42 Å². The molecule has 1 N–H and O–H groups in total. The zero-order valence-electron chi connectivity index (χ0n) is 14.5. The van der Waals surface area contributed by atoms with Gasteiger partial charge in [0, 0.05) is 6.04 Å². The summed E-state index contributed by atoms with van der Waals surface area (Å²) in [6.07, 6.45) is 0.598. The first kappa shape index (κ1) is 18.7. The van der Waals surface area contributed by atoms with Gasteiger partial charge in [0.25, 0.3) is 0 Å². The number of likely N-dealkylation sites (N-methyl/N-ethyl adjacent to an activating group) is 1. The van der Waals surface area contributed by atoms with E-state index in [0.29, 0.717) is 13.0 Å². The molecule has 1 heterocycles. The van der Waals surface area contributed by atoms with Crippen molar-refractivity contribution in [2.24, 2.45) is 0 Å². The number of ether oxygens (including phenoxy) is 1. The van der Waals surface area contributed by atoms with E-state index in [-0.39, 0.29) is 36.0 Å². The van der Waals surface area contributed by atoms with Crippen molar-refractivity contribution >= 4 is 15.7 Å². The van der Waals surface area contributed by atoms with Crippen LogP contribution in [0.15, 0.2) is 24.3 Å². The lowest BCUT2D eigenvalue weighted by molar-refractivity contribution is -0.123. The molecule has 2 atom stereocenters. The van der Waals surface area contributed by atoms with E-state index in [1.165, 1.54) is 0 Å². The Hall–Kier alpha value is -1.60. The highest BCUT2D eigenvalue weighted by Crippen LogP contribution is 2.18. The fourth-order valence-corrected chi connectivity index (χ4v) is 4.67. The number of carbonyl (C=O) groups excluding carboxylic acids is 1. The van der Waals surface area contributed by atoms with Gasteiger partial charge in [0.1, 0.15) is 5.75 Å². The molecule has 0 aliphatic carbocycles. The van der Waals surface area contributed by atoms with Crippen LogP contribution in [0.5, 0.6) is 5.75 Å². The average Bonchev–Trinajstić information content (AvgIpc) is 2.88. The van der Waals surface area contributed by atoms with Crippen LogP contribution in [0.4, 0.5) is 0 Å². The summed E-state index contributed by atoms with van der Waals surface area (Å²) in [5.74, 6) is 1.06. The second-order valence-electron chi connectivity index (χ2n) is 6.26. The van der Waals surface area contributed by atoms with Gasteiger partial charge in [0.2, 0.25) is 5.91 Å². The maximum atomic E-state index is 12.2. The van der Waals surface area contributed by atoms with Gasteiger partial charge in [-0.3, -0.25) is 9.69 Å². The summed E-state index contributed by atoms with van der Waals surface area (Å²) in [5.41, 5.74) is 0.998. The van der Waals surface area contributed by atoms with Gasteiger partial charge in [0.05, 0.1) is 30.7 Å². The molecule has 1 fully saturated rings. The molecule has 6 nitrogen and oxygen atoms in total. The number of carbonyl (C=O) groups is 1. The van der Waals surface area contributed by atoms with Crippen LogP contribution >= 0.6 is 0 Å². The van der Waals surface area contributed by atoms with E-state index >= 15 is 0 Å². The van der Waals surface area contributed by atoms with Crippen molar-refractivity contribution in [2.45, 2.75) is 32.4 Å². The molecule has 24 heavy (non-hydrogen) atoms. The normalized spacial score (nSPS) is 20.8.